The first kappa shape index (κ1) is 19.7. The Hall–Kier alpha value is -2.66. The fourth-order valence-electron chi connectivity index (χ4n) is 2.76. The minimum Gasteiger partial charge on any atom is -0.497 e. The Balaban J connectivity index is 1.78. The molecule has 0 heterocycles. The zero-order chi connectivity index (χ0) is 18.8. The van der Waals surface area contributed by atoms with Gasteiger partial charge in [-0.05, 0) is 36.1 Å². The summed E-state index contributed by atoms with van der Waals surface area (Å²) in [5, 5.41) is 8.40. The van der Waals surface area contributed by atoms with Crippen LogP contribution in [0.4, 0.5) is 0 Å². The van der Waals surface area contributed by atoms with Crippen LogP contribution < -0.4 is 10.2 Å². The number of methoxy groups -OCH3 is 1. The van der Waals surface area contributed by atoms with Crippen molar-refractivity contribution in [3.63, 3.8) is 0 Å². The Morgan fingerprint density at radius 1 is 0.846 bits per heavy atom. The molecule has 2 rings (SSSR count). The van der Waals surface area contributed by atoms with Crippen LogP contribution >= 0.6 is 0 Å². The summed E-state index contributed by atoms with van der Waals surface area (Å²) < 4.78 is 5.16. The highest BCUT2D eigenvalue weighted by molar-refractivity contribution is 5.96. The van der Waals surface area contributed by atoms with Gasteiger partial charge in [0, 0.05) is 18.4 Å². The molecule has 1 amide bonds. The van der Waals surface area contributed by atoms with Gasteiger partial charge < -0.3 is 4.74 Å². The van der Waals surface area contributed by atoms with Crippen molar-refractivity contribution in [2.75, 3.05) is 7.11 Å². The van der Waals surface area contributed by atoms with Crippen molar-refractivity contribution in [2.45, 2.75) is 38.5 Å². The predicted octanol–water partition coefficient (Wildman–Crippen LogP) is 4.39. The molecule has 0 fully saturated rings. The van der Waals surface area contributed by atoms with Crippen molar-refractivity contribution >= 4 is 11.7 Å². The predicted molar refractivity (Wildman–Crippen MR) is 100 cm³/mol. The molecular formula is C21H25NO4. The number of hydroxylamine groups is 1. The van der Waals surface area contributed by atoms with Gasteiger partial charge >= 0.3 is 0 Å². The van der Waals surface area contributed by atoms with Crippen molar-refractivity contribution in [2.24, 2.45) is 0 Å². The lowest BCUT2D eigenvalue weighted by atomic mass is 10.00. The van der Waals surface area contributed by atoms with Crippen molar-refractivity contribution < 1.29 is 19.5 Å². The van der Waals surface area contributed by atoms with Crippen molar-refractivity contribution in [3.8, 4) is 16.9 Å². The van der Waals surface area contributed by atoms with E-state index >= 15 is 0 Å². The summed E-state index contributed by atoms with van der Waals surface area (Å²) in [4.78, 5) is 23.1. The number of benzene rings is 2. The summed E-state index contributed by atoms with van der Waals surface area (Å²) in [5.41, 5.74) is 4.48. The number of nitrogens with one attached hydrogen (secondary N) is 1. The van der Waals surface area contributed by atoms with Gasteiger partial charge in [0.25, 0.3) is 0 Å². The molecule has 2 aromatic carbocycles. The van der Waals surface area contributed by atoms with Crippen LogP contribution in [-0.2, 0) is 4.79 Å². The van der Waals surface area contributed by atoms with Crippen LogP contribution in [0.5, 0.6) is 5.75 Å². The van der Waals surface area contributed by atoms with E-state index in [9.17, 15) is 9.59 Å². The third kappa shape index (κ3) is 6.01. The molecule has 0 bridgehead atoms. The Morgan fingerprint density at radius 3 is 1.92 bits per heavy atom. The molecular weight excluding hydrogens is 330 g/mol. The van der Waals surface area contributed by atoms with E-state index in [-0.39, 0.29) is 11.7 Å². The van der Waals surface area contributed by atoms with E-state index in [2.05, 4.69) is 0 Å². The Kier molecular flexibility index (Phi) is 7.83. The minimum atomic E-state index is -0.363. The molecule has 0 atom stereocenters. The second kappa shape index (κ2) is 10.4. The molecule has 0 aliphatic carbocycles. The van der Waals surface area contributed by atoms with Crippen LogP contribution in [-0.4, -0.2) is 24.0 Å². The number of carbonyl (C=O) groups is 2. The first-order valence-electron chi connectivity index (χ1n) is 8.84. The van der Waals surface area contributed by atoms with Crippen LogP contribution in [0.25, 0.3) is 11.1 Å². The van der Waals surface area contributed by atoms with Gasteiger partial charge in [0.2, 0.25) is 5.91 Å². The molecule has 2 N–H and O–H groups in total. The van der Waals surface area contributed by atoms with E-state index in [1.165, 1.54) is 0 Å². The van der Waals surface area contributed by atoms with Gasteiger partial charge in [-0.3, -0.25) is 14.8 Å². The van der Waals surface area contributed by atoms with Crippen LogP contribution in [0, 0.1) is 0 Å². The molecule has 0 aliphatic rings. The maximum atomic E-state index is 12.2. The maximum Gasteiger partial charge on any atom is 0.243 e. The topological polar surface area (TPSA) is 75.6 Å². The summed E-state index contributed by atoms with van der Waals surface area (Å²) in [6, 6.07) is 15.5. The standard InChI is InChI=1S/C21H25NO4/c1-26-19-14-12-17(13-15-19)16-8-10-18(11-9-16)20(23)6-4-2-3-5-7-21(24)22-25/h8-15,25H,2-7H2,1H3,(H,22,24). The average molecular weight is 355 g/mol. The number of hydrogen-bond acceptors (Lipinski definition) is 4. The zero-order valence-electron chi connectivity index (χ0n) is 15.0. The third-order valence-corrected chi connectivity index (χ3v) is 4.31. The van der Waals surface area contributed by atoms with Crippen molar-refractivity contribution in [1.29, 1.82) is 0 Å². The van der Waals surface area contributed by atoms with Gasteiger partial charge in [0.05, 0.1) is 7.11 Å². The number of ketones is 1. The second-order valence-electron chi connectivity index (χ2n) is 6.18. The lowest BCUT2D eigenvalue weighted by Crippen LogP contribution is -2.17. The summed E-state index contributed by atoms with van der Waals surface area (Å²) in [5.74, 6) is 0.593. The van der Waals surface area contributed by atoms with Gasteiger partial charge in [-0.25, -0.2) is 5.48 Å². The van der Waals surface area contributed by atoms with Gasteiger partial charge in [0.15, 0.2) is 5.78 Å². The van der Waals surface area contributed by atoms with E-state index in [4.69, 9.17) is 9.94 Å². The van der Waals surface area contributed by atoms with E-state index in [1.807, 2.05) is 48.5 Å². The highest BCUT2D eigenvalue weighted by Gasteiger charge is 2.07. The molecule has 26 heavy (non-hydrogen) atoms. The van der Waals surface area contributed by atoms with Gasteiger partial charge in [-0.1, -0.05) is 49.2 Å². The second-order valence-corrected chi connectivity index (χ2v) is 6.18. The van der Waals surface area contributed by atoms with Crippen molar-refractivity contribution in [1.82, 2.24) is 5.48 Å². The summed E-state index contributed by atoms with van der Waals surface area (Å²) in [6.07, 6.45) is 4.12. The van der Waals surface area contributed by atoms with E-state index in [0.29, 0.717) is 12.8 Å². The number of ether oxygens (including phenoxy) is 1. The number of Topliss-reactive ketones (excluding diaryl/α,β-unsaturated/α-hetero) is 1. The highest BCUT2D eigenvalue weighted by Crippen LogP contribution is 2.23. The van der Waals surface area contributed by atoms with Gasteiger partial charge in [-0.15, -0.1) is 0 Å². The van der Waals surface area contributed by atoms with Crippen LogP contribution in [0.2, 0.25) is 0 Å². The number of unbranched alkanes of at least 4 members (excludes halogenated alkanes) is 3. The SMILES string of the molecule is COc1ccc(-c2ccc(C(=O)CCCCCCC(=O)NO)cc2)cc1. The first-order valence-corrected chi connectivity index (χ1v) is 8.84. The van der Waals surface area contributed by atoms with Gasteiger partial charge in [-0.2, -0.15) is 0 Å². The summed E-state index contributed by atoms with van der Waals surface area (Å²) >= 11 is 0. The Morgan fingerprint density at radius 2 is 1.38 bits per heavy atom. The molecule has 0 spiro atoms. The van der Waals surface area contributed by atoms with E-state index in [0.717, 1.165) is 48.1 Å². The van der Waals surface area contributed by atoms with E-state index < -0.39 is 0 Å². The van der Waals surface area contributed by atoms with Crippen molar-refractivity contribution in [3.05, 3.63) is 54.1 Å². The fraction of sp³-hybridized carbons (Fsp3) is 0.333. The Bertz CT molecular complexity index is 708. The Labute approximate surface area is 154 Å². The first-order chi connectivity index (χ1) is 12.6. The number of hydrogen-bond donors (Lipinski definition) is 2. The van der Waals surface area contributed by atoms with E-state index in [1.54, 1.807) is 12.6 Å². The largest absolute Gasteiger partial charge is 0.497 e. The van der Waals surface area contributed by atoms with Crippen LogP contribution in [0.1, 0.15) is 48.9 Å². The van der Waals surface area contributed by atoms with Gasteiger partial charge in [0.1, 0.15) is 5.75 Å². The molecule has 2 aromatic rings. The maximum absolute atomic E-state index is 12.2. The number of amides is 1. The number of rotatable bonds is 10. The molecule has 138 valence electrons. The molecule has 5 nitrogen and oxygen atoms in total. The molecule has 5 heteroatoms. The van der Waals surface area contributed by atoms with Crippen LogP contribution in [0.15, 0.2) is 48.5 Å². The fourth-order valence-corrected chi connectivity index (χ4v) is 2.76. The molecule has 0 saturated carbocycles. The minimum absolute atomic E-state index is 0.138. The molecule has 0 aliphatic heterocycles. The molecule has 0 unspecified atom stereocenters. The third-order valence-electron chi connectivity index (χ3n) is 4.31. The number of carbonyl (C=O) groups excluding carboxylic acids is 2. The lowest BCUT2D eigenvalue weighted by Gasteiger charge is -2.06. The normalized spacial score (nSPS) is 10.4. The summed E-state index contributed by atoms with van der Waals surface area (Å²) in [7, 11) is 1.64. The molecule has 0 saturated heterocycles. The average Bonchev–Trinajstić information content (AvgIpc) is 2.70. The molecule has 0 aromatic heterocycles. The zero-order valence-corrected chi connectivity index (χ0v) is 15.0. The summed E-state index contributed by atoms with van der Waals surface area (Å²) in [6.45, 7) is 0. The molecule has 0 radical (unpaired) electrons. The monoisotopic (exact) mass is 355 g/mol. The highest BCUT2D eigenvalue weighted by atomic mass is 16.5. The van der Waals surface area contributed by atoms with Crippen LogP contribution in [0.3, 0.4) is 0 Å². The quantitative estimate of drug-likeness (QED) is 0.287. The lowest BCUT2D eigenvalue weighted by molar-refractivity contribution is -0.129. The smallest absolute Gasteiger partial charge is 0.243 e.